The molecule has 0 aromatic carbocycles. The van der Waals surface area contributed by atoms with E-state index in [9.17, 15) is 9.59 Å². The zero-order valence-corrected chi connectivity index (χ0v) is 14.9. The highest BCUT2D eigenvalue weighted by Gasteiger charge is 2.27. The molecule has 2 aliphatic rings. The fourth-order valence-electron chi connectivity index (χ4n) is 4.22. The van der Waals surface area contributed by atoms with Crippen molar-refractivity contribution in [2.45, 2.75) is 96.6 Å². The van der Waals surface area contributed by atoms with Crippen molar-refractivity contribution < 1.29 is 9.59 Å². The molecule has 4 heteroatoms. The molecule has 2 rings (SSSR count). The van der Waals surface area contributed by atoms with E-state index in [1.807, 2.05) is 13.8 Å². The van der Waals surface area contributed by atoms with Crippen LogP contribution in [0.5, 0.6) is 0 Å². The molecule has 0 radical (unpaired) electrons. The topological polar surface area (TPSA) is 58.2 Å². The first-order valence-electron chi connectivity index (χ1n) is 9.69. The summed E-state index contributed by atoms with van der Waals surface area (Å²) in [6, 6.07) is 0.831. The van der Waals surface area contributed by atoms with E-state index >= 15 is 0 Å². The van der Waals surface area contributed by atoms with Crippen molar-refractivity contribution in [1.29, 1.82) is 0 Å². The van der Waals surface area contributed by atoms with Crippen molar-refractivity contribution in [3.8, 4) is 0 Å². The zero-order chi connectivity index (χ0) is 16.7. The van der Waals surface area contributed by atoms with Crippen LogP contribution in [0.2, 0.25) is 0 Å². The summed E-state index contributed by atoms with van der Waals surface area (Å²) in [5.41, 5.74) is 0. The third-order valence-corrected chi connectivity index (χ3v) is 5.73. The second-order valence-electron chi connectivity index (χ2n) is 7.51. The summed E-state index contributed by atoms with van der Waals surface area (Å²) in [6.45, 7) is 3.83. The Morgan fingerprint density at radius 2 is 1.04 bits per heavy atom. The number of carbonyl (C=O) groups is 2. The van der Waals surface area contributed by atoms with Gasteiger partial charge in [0, 0.05) is 24.9 Å². The first-order chi connectivity index (χ1) is 11.1. The van der Waals surface area contributed by atoms with Crippen LogP contribution in [0.4, 0.5) is 0 Å². The number of amides is 2. The Bertz CT molecular complexity index is 345. The van der Waals surface area contributed by atoms with Crippen molar-refractivity contribution >= 4 is 11.8 Å². The Morgan fingerprint density at radius 3 is 1.35 bits per heavy atom. The number of carbonyl (C=O) groups excluding carboxylic acids is 2. The van der Waals surface area contributed by atoms with Crippen molar-refractivity contribution in [3.05, 3.63) is 0 Å². The highest BCUT2D eigenvalue weighted by Crippen LogP contribution is 2.35. The third kappa shape index (κ3) is 6.15. The van der Waals surface area contributed by atoms with E-state index in [2.05, 4.69) is 10.6 Å². The molecule has 0 atom stereocenters. The molecule has 132 valence electrons. The summed E-state index contributed by atoms with van der Waals surface area (Å²) >= 11 is 0. The summed E-state index contributed by atoms with van der Waals surface area (Å²) in [6.07, 6.45) is 12.2. The molecule has 0 aromatic heterocycles. The van der Waals surface area contributed by atoms with Gasteiger partial charge in [-0.1, -0.05) is 13.8 Å². The van der Waals surface area contributed by atoms with Gasteiger partial charge < -0.3 is 10.6 Å². The largest absolute Gasteiger partial charge is 0.353 e. The van der Waals surface area contributed by atoms with Gasteiger partial charge >= 0.3 is 0 Å². The SMILES string of the molecule is CCC(=O)NC1CCC(CC2CCC(NC(=O)CC)CC2)CC1. The van der Waals surface area contributed by atoms with Crippen LogP contribution in [0, 0.1) is 11.8 Å². The van der Waals surface area contributed by atoms with E-state index in [1.165, 1.54) is 32.1 Å². The number of hydrogen-bond acceptors (Lipinski definition) is 2. The minimum atomic E-state index is 0.195. The van der Waals surface area contributed by atoms with Gasteiger partial charge in [-0.25, -0.2) is 0 Å². The smallest absolute Gasteiger partial charge is 0.219 e. The Morgan fingerprint density at radius 1 is 0.696 bits per heavy atom. The molecule has 0 heterocycles. The van der Waals surface area contributed by atoms with Crippen LogP contribution in [-0.2, 0) is 9.59 Å². The second kappa shape index (κ2) is 9.29. The van der Waals surface area contributed by atoms with Crippen LogP contribution in [0.3, 0.4) is 0 Å². The number of nitrogens with one attached hydrogen (secondary N) is 2. The normalized spacial score (nSPS) is 31.4. The van der Waals surface area contributed by atoms with Crippen molar-refractivity contribution in [2.24, 2.45) is 11.8 Å². The van der Waals surface area contributed by atoms with Crippen LogP contribution in [0.1, 0.15) is 84.5 Å². The quantitative estimate of drug-likeness (QED) is 0.786. The number of rotatable bonds is 6. The molecule has 23 heavy (non-hydrogen) atoms. The first-order valence-corrected chi connectivity index (χ1v) is 9.69. The maximum absolute atomic E-state index is 11.5. The van der Waals surface area contributed by atoms with Gasteiger partial charge in [0.05, 0.1) is 0 Å². The lowest BCUT2D eigenvalue weighted by molar-refractivity contribution is -0.122. The van der Waals surface area contributed by atoms with Crippen LogP contribution in [0.25, 0.3) is 0 Å². The maximum Gasteiger partial charge on any atom is 0.219 e. The van der Waals surface area contributed by atoms with Gasteiger partial charge in [0.1, 0.15) is 0 Å². The molecule has 2 aliphatic carbocycles. The molecule has 0 saturated heterocycles. The third-order valence-electron chi connectivity index (χ3n) is 5.73. The molecule has 4 nitrogen and oxygen atoms in total. The fourth-order valence-corrected chi connectivity index (χ4v) is 4.22. The van der Waals surface area contributed by atoms with Gasteiger partial charge in [-0.2, -0.15) is 0 Å². The standard InChI is InChI=1S/C19H34N2O2/c1-3-18(22)20-16-9-5-14(6-10-16)13-15-7-11-17(12-8-15)21-19(23)4-2/h14-17H,3-13H2,1-2H3,(H,20,22)(H,21,23). The van der Waals surface area contributed by atoms with E-state index in [1.54, 1.807) is 0 Å². The molecule has 0 aromatic rings. The van der Waals surface area contributed by atoms with E-state index in [-0.39, 0.29) is 11.8 Å². The lowest BCUT2D eigenvalue weighted by Gasteiger charge is -2.34. The molecule has 2 fully saturated rings. The molecule has 0 spiro atoms. The molecule has 0 unspecified atom stereocenters. The van der Waals surface area contributed by atoms with Gasteiger partial charge in [0.25, 0.3) is 0 Å². The van der Waals surface area contributed by atoms with Gasteiger partial charge in [0.2, 0.25) is 11.8 Å². The van der Waals surface area contributed by atoms with Gasteiger partial charge in [-0.05, 0) is 69.6 Å². The van der Waals surface area contributed by atoms with Crippen LogP contribution >= 0.6 is 0 Å². The molecular formula is C19H34N2O2. The minimum Gasteiger partial charge on any atom is -0.353 e. The van der Waals surface area contributed by atoms with Crippen LogP contribution < -0.4 is 10.6 Å². The Kier molecular flexibility index (Phi) is 7.38. The van der Waals surface area contributed by atoms with E-state index in [0.717, 1.165) is 37.5 Å². The predicted octanol–water partition coefficient (Wildman–Crippen LogP) is 3.55. The highest BCUT2D eigenvalue weighted by atomic mass is 16.2. The molecule has 0 aliphatic heterocycles. The van der Waals surface area contributed by atoms with Crippen molar-refractivity contribution in [2.75, 3.05) is 0 Å². The summed E-state index contributed by atoms with van der Waals surface area (Å²) in [5.74, 6) is 2.08. The van der Waals surface area contributed by atoms with E-state index in [0.29, 0.717) is 24.9 Å². The highest BCUT2D eigenvalue weighted by molar-refractivity contribution is 5.76. The maximum atomic E-state index is 11.5. The zero-order valence-electron chi connectivity index (χ0n) is 14.9. The minimum absolute atomic E-state index is 0.195. The summed E-state index contributed by atoms with van der Waals surface area (Å²) in [5, 5.41) is 6.29. The first kappa shape index (κ1) is 18.3. The predicted molar refractivity (Wildman–Crippen MR) is 93.0 cm³/mol. The van der Waals surface area contributed by atoms with Gasteiger partial charge in [-0.3, -0.25) is 9.59 Å². The van der Waals surface area contributed by atoms with Crippen LogP contribution in [0.15, 0.2) is 0 Å². The van der Waals surface area contributed by atoms with Crippen molar-refractivity contribution in [1.82, 2.24) is 10.6 Å². The van der Waals surface area contributed by atoms with E-state index in [4.69, 9.17) is 0 Å². The lowest BCUT2D eigenvalue weighted by Crippen LogP contribution is -2.38. The summed E-state index contributed by atoms with van der Waals surface area (Å²) < 4.78 is 0. The van der Waals surface area contributed by atoms with Crippen molar-refractivity contribution in [3.63, 3.8) is 0 Å². The molecular weight excluding hydrogens is 288 g/mol. The number of hydrogen-bond donors (Lipinski definition) is 2. The monoisotopic (exact) mass is 322 g/mol. The Labute approximate surface area is 141 Å². The fraction of sp³-hybridized carbons (Fsp3) is 0.895. The van der Waals surface area contributed by atoms with Crippen LogP contribution in [-0.4, -0.2) is 23.9 Å². The van der Waals surface area contributed by atoms with Gasteiger partial charge in [-0.15, -0.1) is 0 Å². The summed E-state index contributed by atoms with van der Waals surface area (Å²) in [4.78, 5) is 22.9. The average Bonchev–Trinajstić information content (AvgIpc) is 2.58. The Balaban J connectivity index is 1.62. The van der Waals surface area contributed by atoms with E-state index < -0.39 is 0 Å². The summed E-state index contributed by atoms with van der Waals surface area (Å²) in [7, 11) is 0. The Hall–Kier alpha value is -1.06. The molecule has 2 amide bonds. The average molecular weight is 322 g/mol. The second-order valence-corrected chi connectivity index (χ2v) is 7.51. The lowest BCUT2D eigenvalue weighted by atomic mass is 9.75. The van der Waals surface area contributed by atoms with Gasteiger partial charge in [0.15, 0.2) is 0 Å². The molecule has 2 N–H and O–H groups in total. The molecule has 2 saturated carbocycles. The molecule has 0 bridgehead atoms.